The minimum Gasteiger partial charge on any atom is -0.356 e. The van der Waals surface area contributed by atoms with Gasteiger partial charge in [-0.25, -0.2) is 9.69 Å². The first-order valence-corrected chi connectivity index (χ1v) is 8.83. The molecule has 1 N–H and O–H groups in total. The van der Waals surface area contributed by atoms with Gasteiger partial charge in [0.1, 0.15) is 6.04 Å². The molecule has 0 radical (unpaired) electrons. The van der Waals surface area contributed by atoms with E-state index in [1.165, 1.54) is 4.90 Å². The number of nitrogens with zero attached hydrogens (tertiary/aromatic N) is 2. The predicted molar refractivity (Wildman–Crippen MR) is 97.3 cm³/mol. The van der Waals surface area contributed by atoms with Gasteiger partial charge in [0.05, 0.1) is 12.1 Å². The zero-order valence-electron chi connectivity index (χ0n) is 15.4. The van der Waals surface area contributed by atoms with Crippen LogP contribution in [0.15, 0.2) is 24.3 Å². The number of hydrogen-bond donors (Lipinski definition) is 1. The van der Waals surface area contributed by atoms with Crippen molar-refractivity contribution in [3.63, 3.8) is 0 Å². The molecule has 0 aliphatic carbocycles. The number of anilines is 1. The van der Waals surface area contributed by atoms with Crippen LogP contribution in [0.4, 0.5) is 10.5 Å². The van der Waals surface area contributed by atoms with Gasteiger partial charge >= 0.3 is 6.03 Å². The van der Waals surface area contributed by atoms with Gasteiger partial charge in [-0.15, -0.1) is 0 Å². The van der Waals surface area contributed by atoms with E-state index in [2.05, 4.69) is 19.2 Å². The lowest BCUT2D eigenvalue weighted by Gasteiger charge is -2.22. The number of hydrogen-bond acceptors (Lipinski definition) is 3. The number of carbonyl (C=O) groups excluding carboxylic acids is 3. The lowest BCUT2D eigenvalue weighted by molar-refractivity contribution is -0.127. The maximum atomic E-state index is 12.9. The third-order valence-electron chi connectivity index (χ3n) is 4.28. The van der Waals surface area contributed by atoms with Gasteiger partial charge in [0.2, 0.25) is 5.91 Å². The predicted octanol–water partition coefficient (Wildman–Crippen LogP) is 2.70. The Morgan fingerprint density at radius 2 is 2.00 bits per heavy atom. The van der Waals surface area contributed by atoms with Crippen LogP contribution in [0.2, 0.25) is 0 Å². The molecule has 25 heavy (non-hydrogen) atoms. The fourth-order valence-electron chi connectivity index (χ4n) is 2.93. The van der Waals surface area contributed by atoms with E-state index in [0.717, 1.165) is 12.0 Å². The first-order valence-electron chi connectivity index (χ1n) is 8.83. The first-order chi connectivity index (χ1) is 11.8. The molecule has 4 amide bonds. The van der Waals surface area contributed by atoms with Crippen LogP contribution >= 0.6 is 0 Å². The van der Waals surface area contributed by atoms with Crippen LogP contribution in [0.25, 0.3) is 0 Å². The Labute approximate surface area is 149 Å². The summed E-state index contributed by atoms with van der Waals surface area (Å²) in [5.74, 6) is -0.138. The van der Waals surface area contributed by atoms with Crippen molar-refractivity contribution < 1.29 is 14.4 Å². The third-order valence-corrected chi connectivity index (χ3v) is 4.28. The number of imide groups is 1. The first kappa shape index (κ1) is 19.0. The van der Waals surface area contributed by atoms with Crippen LogP contribution in [-0.2, 0) is 9.59 Å². The summed E-state index contributed by atoms with van der Waals surface area (Å²) in [4.78, 5) is 40.6. The molecule has 136 valence electrons. The molecule has 6 heteroatoms. The quantitative estimate of drug-likeness (QED) is 0.773. The summed E-state index contributed by atoms with van der Waals surface area (Å²) in [5.41, 5.74) is 1.53. The fraction of sp³-hybridized carbons (Fsp3) is 0.526. The van der Waals surface area contributed by atoms with E-state index in [9.17, 15) is 14.4 Å². The zero-order chi connectivity index (χ0) is 18.6. The highest BCUT2D eigenvalue weighted by Gasteiger charge is 2.46. The topological polar surface area (TPSA) is 69.7 Å². The summed E-state index contributed by atoms with van der Waals surface area (Å²) in [5, 5.41) is 2.71. The molecule has 0 bridgehead atoms. The Hall–Kier alpha value is -2.37. The molecule has 1 aliphatic heterocycles. The minimum atomic E-state index is -0.738. The van der Waals surface area contributed by atoms with Gasteiger partial charge in [0.15, 0.2) is 0 Å². The lowest BCUT2D eigenvalue weighted by Crippen LogP contribution is -2.40. The molecule has 6 nitrogen and oxygen atoms in total. The Bertz CT molecular complexity index is 657. The highest BCUT2D eigenvalue weighted by atomic mass is 16.2. The van der Waals surface area contributed by atoms with Crippen LogP contribution < -0.4 is 10.2 Å². The molecule has 0 unspecified atom stereocenters. The average Bonchev–Trinajstić information content (AvgIpc) is 2.76. The van der Waals surface area contributed by atoms with E-state index in [1.54, 1.807) is 11.0 Å². The summed E-state index contributed by atoms with van der Waals surface area (Å²) < 4.78 is 0. The Balaban J connectivity index is 2.29. The highest BCUT2D eigenvalue weighted by Crippen LogP contribution is 2.28. The number of aryl methyl sites for hydroxylation is 1. The second-order valence-electron chi connectivity index (χ2n) is 6.84. The van der Waals surface area contributed by atoms with E-state index in [0.29, 0.717) is 24.7 Å². The van der Waals surface area contributed by atoms with Gasteiger partial charge in [-0.05, 0) is 43.9 Å². The van der Waals surface area contributed by atoms with Crippen LogP contribution in [-0.4, -0.2) is 41.9 Å². The summed E-state index contributed by atoms with van der Waals surface area (Å²) in [6.45, 7) is 8.85. The van der Waals surface area contributed by atoms with Gasteiger partial charge in [-0.3, -0.25) is 9.59 Å². The van der Waals surface area contributed by atoms with E-state index in [-0.39, 0.29) is 24.3 Å². The van der Waals surface area contributed by atoms with Crippen LogP contribution in [0.5, 0.6) is 0 Å². The third kappa shape index (κ3) is 4.38. The molecular weight excluding hydrogens is 318 g/mol. The van der Waals surface area contributed by atoms with Crippen molar-refractivity contribution in [2.24, 2.45) is 5.92 Å². The molecule has 2 rings (SSSR count). The number of urea groups is 1. The second kappa shape index (κ2) is 8.14. The van der Waals surface area contributed by atoms with Crippen molar-refractivity contribution in [3.05, 3.63) is 29.8 Å². The van der Waals surface area contributed by atoms with E-state index in [1.807, 2.05) is 32.0 Å². The molecule has 1 aromatic carbocycles. The standard InChI is InChI=1S/C19H27N3O3/c1-5-20-17(23)12-16-18(24)22(15-8-6-7-14(4)11-15)19(25)21(16)10-9-13(2)3/h6-8,11,13,16H,5,9-10,12H2,1-4H3,(H,20,23)/t16-/m1/s1. The summed E-state index contributed by atoms with van der Waals surface area (Å²) in [6.07, 6.45) is 0.783. The van der Waals surface area contributed by atoms with Gasteiger partial charge < -0.3 is 10.2 Å². The average molecular weight is 345 g/mol. The number of carbonyl (C=O) groups is 3. The lowest BCUT2D eigenvalue weighted by atomic mass is 10.1. The maximum absolute atomic E-state index is 12.9. The molecule has 0 aromatic heterocycles. The van der Waals surface area contributed by atoms with Gasteiger partial charge in [0, 0.05) is 13.1 Å². The number of nitrogens with one attached hydrogen (secondary N) is 1. The van der Waals surface area contributed by atoms with Gasteiger partial charge in [-0.1, -0.05) is 26.0 Å². The SMILES string of the molecule is CCNC(=O)C[C@@H]1C(=O)N(c2cccc(C)c2)C(=O)N1CCC(C)C. The fourth-order valence-corrected chi connectivity index (χ4v) is 2.93. The van der Waals surface area contributed by atoms with Crippen molar-refractivity contribution in [2.75, 3.05) is 18.0 Å². The van der Waals surface area contributed by atoms with Crippen LogP contribution in [0.3, 0.4) is 0 Å². The minimum absolute atomic E-state index is 0.00117. The highest BCUT2D eigenvalue weighted by molar-refractivity contribution is 6.22. The molecule has 1 saturated heterocycles. The summed E-state index contributed by atoms with van der Waals surface area (Å²) in [7, 11) is 0. The molecule has 0 spiro atoms. The van der Waals surface area contributed by atoms with Crippen molar-refractivity contribution in [3.8, 4) is 0 Å². The van der Waals surface area contributed by atoms with Crippen LogP contribution in [0, 0.1) is 12.8 Å². The monoisotopic (exact) mass is 345 g/mol. The van der Waals surface area contributed by atoms with E-state index >= 15 is 0 Å². The summed E-state index contributed by atoms with van der Waals surface area (Å²) >= 11 is 0. The van der Waals surface area contributed by atoms with Gasteiger partial charge in [0.25, 0.3) is 5.91 Å². The molecule has 1 aromatic rings. The van der Waals surface area contributed by atoms with Crippen LogP contribution in [0.1, 0.15) is 39.2 Å². The molecule has 1 aliphatic rings. The molecular formula is C19H27N3O3. The Morgan fingerprint density at radius 3 is 2.60 bits per heavy atom. The van der Waals surface area contributed by atoms with E-state index in [4.69, 9.17) is 0 Å². The van der Waals surface area contributed by atoms with E-state index < -0.39 is 6.04 Å². The Kier molecular flexibility index (Phi) is 6.17. The Morgan fingerprint density at radius 1 is 1.28 bits per heavy atom. The second-order valence-corrected chi connectivity index (χ2v) is 6.84. The van der Waals surface area contributed by atoms with Crippen molar-refractivity contribution in [1.29, 1.82) is 0 Å². The molecule has 1 fully saturated rings. The summed E-state index contributed by atoms with van der Waals surface area (Å²) in [6, 6.07) is 6.21. The van der Waals surface area contributed by atoms with Gasteiger partial charge in [-0.2, -0.15) is 0 Å². The molecule has 1 heterocycles. The number of benzene rings is 1. The molecule has 1 atom stereocenters. The zero-order valence-corrected chi connectivity index (χ0v) is 15.4. The smallest absolute Gasteiger partial charge is 0.332 e. The van der Waals surface area contributed by atoms with Crippen molar-refractivity contribution >= 4 is 23.5 Å². The van der Waals surface area contributed by atoms with Crippen molar-refractivity contribution in [1.82, 2.24) is 10.2 Å². The van der Waals surface area contributed by atoms with Crippen molar-refractivity contribution in [2.45, 2.75) is 46.6 Å². The normalized spacial score (nSPS) is 17.6. The maximum Gasteiger partial charge on any atom is 0.332 e. The largest absolute Gasteiger partial charge is 0.356 e. The number of amides is 4. The number of rotatable bonds is 7. The molecule has 0 saturated carbocycles.